The quantitative estimate of drug-likeness (QED) is 0.147. The predicted molar refractivity (Wildman–Crippen MR) is 155 cm³/mol. The Labute approximate surface area is 243 Å². The first-order chi connectivity index (χ1) is 20.4. The maximum Gasteiger partial charge on any atom is 0.296 e. The van der Waals surface area contributed by atoms with E-state index in [-0.39, 0.29) is 24.0 Å². The molecule has 2 atom stereocenters. The number of amides is 1. The number of likely N-dealkylation sites (tertiary alicyclic amines) is 1. The van der Waals surface area contributed by atoms with Gasteiger partial charge in [0.15, 0.2) is 11.5 Å². The summed E-state index contributed by atoms with van der Waals surface area (Å²) < 4.78 is 23.3. The Morgan fingerprint density at radius 1 is 0.976 bits per heavy atom. The monoisotopic (exact) mass is 565 g/mol. The van der Waals surface area contributed by atoms with Crippen LogP contribution in [0.1, 0.15) is 47.9 Å². The van der Waals surface area contributed by atoms with E-state index in [0.717, 1.165) is 16.9 Å². The molecule has 4 aromatic rings. The van der Waals surface area contributed by atoms with E-state index in [1.807, 2.05) is 50.2 Å². The Morgan fingerprint density at radius 3 is 2.57 bits per heavy atom. The van der Waals surface area contributed by atoms with Crippen LogP contribution in [0.25, 0.3) is 5.76 Å². The molecule has 0 spiro atoms. The molecule has 0 unspecified atom stereocenters. The van der Waals surface area contributed by atoms with E-state index in [9.17, 15) is 14.7 Å². The molecule has 2 aliphatic heterocycles. The zero-order valence-electron chi connectivity index (χ0n) is 23.4. The molecule has 0 aliphatic carbocycles. The molecular formula is C34H31NO7. The summed E-state index contributed by atoms with van der Waals surface area (Å²) in [6, 6.07) is 23.0. The molecule has 1 fully saturated rings. The molecule has 3 heterocycles. The lowest BCUT2D eigenvalue weighted by Gasteiger charge is -2.25. The molecule has 0 saturated carbocycles. The average molecular weight is 566 g/mol. The van der Waals surface area contributed by atoms with E-state index in [1.54, 1.807) is 42.5 Å². The summed E-state index contributed by atoms with van der Waals surface area (Å²) in [7, 11) is 0. The van der Waals surface area contributed by atoms with Crippen molar-refractivity contribution in [2.24, 2.45) is 0 Å². The van der Waals surface area contributed by atoms with Crippen molar-refractivity contribution in [3.8, 4) is 17.2 Å². The molecule has 8 nitrogen and oxygen atoms in total. The number of aliphatic hydroxyl groups excluding tert-OH is 1. The zero-order valence-corrected chi connectivity index (χ0v) is 23.4. The van der Waals surface area contributed by atoms with Gasteiger partial charge in [0.2, 0.25) is 0 Å². The molecule has 1 saturated heterocycles. The third-order valence-corrected chi connectivity index (χ3v) is 7.44. The van der Waals surface area contributed by atoms with Crippen LogP contribution in [-0.2, 0) is 29.2 Å². The molecule has 214 valence electrons. The van der Waals surface area contributed by atoms with Crippen LogP contribution in [0.2, 0.25) is 0 Å². The number of nitrogens with zero attached hydrogens (tertiary/aromatic N) is 1. The fourth-order valence-corrected chi connectivity index (χ4v) is 5.50. The molecule has 1 amide bonds. The van der Waals surface area contributed by atoms with Gasteiger partial charge in [-0.05, 0) is 73.0 Å². The Bertz CT molecular complexity index is 1640. The number of ketones is 1. The SMILES string of the molecule is CCOc1cc([C@@H]2/C(=C(\O)c3ccc4c(c3)C[C@H](C)O4)C(=O)C(=O)N2Cc2ccco2)ccc1OCc1ccccc1. The van der Waals surface area contributed by atoms with E-state index in [0.29, 0.717) is 48.0 Å². The van der Waals surface area contributed by atoms with Crippen LogP contribution in [-0.4, -0.2) is 34.4 Å². The van der Waals surface area contributed by atoms with Crippen molar-refractivity contribution < 1.29 is 33.3 Å². The molecule has 42 heavy (non-hydrogen) atoms. The third kappa shape index (κ3) is 5.23. The van der Waals surface area contributed by atoms with Crippen molar-refractivity contribution in [2.45, 2.75) is 45.6 Å². The normalized spacial score (nSPS) is 19.0. The van der Waals surface area contributed by atoms with Crippen molar-refractivity contribution in [3.63, 3.8) is 0 Å². The number of rotatable bonds is 9. The van der Waals surface area contributed by atoms with Crippen LogP contribution in [0.3, 0.4) is 0 Å². The van der Waals surface area contributed by atoms with Gasteiger partial charge in [-0.2, -0.15) is 0 Å². The van der Waals surface area contributed by atoms with Crippen LogP contribution in [0.5, 0.6) is 17.2 Å². The van der Waals surface area contributed by atoms with Gasteiger partial charge in [0.05, 0.1) is 31.0 Å². The Hall–Kier alpha value is -4.98. The summed E-state index contributed by atoms with van der Waals surface area (Å²) >= 11 is 0. The van der Waals surface area contributed by atoms with Crippen LogP contribution in [0.15, 0.2) is 95.1 Å². The van der Waals surface area contributed by atoms with Crippen molar-refractivity contribution in [1.29, 1.82) is 0 Å². The highest BCUT2D eigenvalue weighted by atomic mass is 16.5. The highest BCUT2D eigenvalue weighted by Crippen LogP contribution is 2.43. The highest BCUT2D eigenvalue weighted by Gasteiger charge is 2.46. The number of benzene rings is 3. The van der Waals surface area contributed by atoms with E-state index in [1.165, 1.54) is 11.2 Å². The Balaban J connectivity index is 1.42. The topological polar surface area (TPSA) is 98.4 Å². The lowest BCUT2D eigenvalue weighted by molar-refractivity contribution is -0.140. The highest BCUT2D eigenvalue weighted by molar-refractivity contribution is 6.46. The van der Waals surface area contributed by atoms with Gasteiger partial charge in [0.25, 0.3) is 11.7 Å². The zero-order chi connectivity index (χ0) is 29.2. The molecule has 6 rings (SSSR count). The second-order valence-corrected chi connectivity index (χ2v) is 10.4. The van der Waals surface area contributed by atoms with Gasteiger partial charge in [-0.1, -0.05) is 36.4 Å². The van der Waals surface area contributed by atoms with E-state index in [2.05, 4.69) is 0 Å². The second kappa shape index (κ2) is 11.5. The maximum absolute atomic E-state index is 13.5. The lowest BCUT2D eigenvalue weighted by atomic mass is 9.94. The van der Waals surface area contributed by atoms with Crippen LogP contribution in [0, 0.1) is 0 Å². The molecule has 1 N–H and O–H groups in total. The van der Waals surface area contributed by atoms with E-state index >= 15 is 0 Å². The molecule has 1 aromatic heterocycles. The maximum atomic E-state index is 13.5. The number of fused-ring (bicyclic) bond motifs is 1. The lowest BCUT2D eigenvalue weighted by Crippen LogP contribution is -2.29. The molecule has 8 heteroatoms. The van der Waals surface area contributed by atoms with Crippen molar-refractivity contribution >= 4 is 17.4 Å². The minimum atomic E-state index is -0.888. The second-order valence-electron chi connectivity index (χ2n) is 10.4. The fourth-order valence-electron chi connectivity index (χ4n) is 5.50. The number of hydrogen-bond donors (Lipinski definition) is 1. The summed E-state index contributed by atoms with van der Waals surface area (Å²) in [5.74, 6) is 0.526. The smallest absolute Gasteiger partial charge is 0.296 e. The van der Waals surface area contributed by atoms with Crippen LogP contribution < -0.4 is 14.2 Å². The molecule has 0 radical (unpaired) electrons. The number of hydrogen-bond acceptors (Lipinski definition) is 7. The van der Waals surface area contributed by atoms with Gasteiger partial charge >= 0.3 is 0 Å². The van der Waals surface area contributed by atoms with Crippen LogP contribution in [0.4, 0.5) is 0 Å². The first kappa shape index (κ1) is 27.2. The van der Waals surface area contributed by atoms with Crippen LogP contribution >= 0.6 is 0 Å². The largest absolute Gasteiger partial charge is 0.507 e. The van der Waals surface area contributed by atoms with Gasteiger partial charge < -0.3 is 28.6 Å². The first-order valence-electron chi connectivity index (χ1n) is 14.0. The summed E-state index contributed by atoms with van der Waals surface area (Å²) in [6.07, 6.45) is 2.23. The predicted octanol–water partition coefficient (Wildman–Crippen LogP) is 6.20. The average Bonchev–Trinajstić information content (AvgIpc) is 3.71. The van der Waals surface area contributed by atoms with Crippen molar-refractivity contribution in [2.75, 3.05) is 6.61 Å². The number of Topliss-reactive ketones (excluding diaryl/α,β-unsaturated/α-hetero) is 1. The number of carbonyl (C=O) groups excluding carboxylic acids is 2. The standard InChI is InChI=1S/C34H31NO7/c1-3-39-29-18-23(11-14-28(29)41-20-22-8-5-4-6-9-22)31-30(33(37)34(38)35(31)19-26-10-7-15-40-26)32(36)24-12-13-27-25(17-24)16-21(2)42-27/h4-15,17-18,21,31,36H,3,16,19-20H2,1-2H3/b32-30+/t21-,31+/m0/s1. The summed E-state index contributed by atoms with van der Waals surface area (Å²) in [5, 5.41) is 11.6. The molecule has 3 aromatic carbocycles. The third-order valence-electron chi connectivity index (χ3n) is 7.44. The Kier molecular flexibility index (Phi) is 7.44. The minimum absolute atomic E-state index is 0.00104. The molecule has 2 aliphatic rings. The number of furan rings is 1. The van der Waals surface area contributed by atoms with Gasteiger partial charge in [-0.3, -0.25) is 9.59 Å². The summed E-state index contributed by atoms with van der Waals surface area (Å²) in [5.41, 5.74) is 2.98. The first-order valence-corrected chi connectivity index (χ1v) is 14.0. The number of ether oxygens (including phenoxy) is 3. The van der Waals surface area contributed by atoms with Crippen molar-refractivity contribution in [1.82, 2.24) is 4.90 Å². The van der Waals surface area contributed by atoms with E-state index < -0.39 is 17.7 Å². The minimum Gasteiger partial charge on any atom is -0.507 e. The molecular weight excluding hydrogens is 534 g/mol. The van der Waals surface area contributed by atoms with Gasteiger partial charge in [-0.25, -0.2) is 0 Å². The number of carbonyl (C=O) groups is 2. The summed E-state index contributed by atoms with van der Waals surface area (Å²) in [6.45, 7) is 4.62. The van der Waals surface area contributed by atoms with Gasteiger partial charge in [0.1, 0.15) is 30.0 Å². The fraction of sp³-hybridized carbons (Fsp3) is 0.235. The summed E-state index contributed by atoms with van der Waals surface area (Å²) in [4.78, 5) is 28.4. The van der Waals surface area contributed by atoms with Gasteiger partial charge in [-0.15, -0.1) is 0 Å². The Morgan fingerprint density at radius 2 is 1.81 bits per heavy atom. The van der Waals surface area contributed by atoms with E-state index in [4.69, 9.17) is 18.6 Å². The molecule has 0 bridgehead atoms. The van der Waals surface area contributed by atoms with Gasteiger partial charge in [0, 0.05) is 12.0 Å². The van der Waals surface area contributed by atoms with Crippen molar-refractivity contribution in [3.05, 3.63) is 119 Å². The number of aliphatic hydroxyl groups is 1.